The van der Waals surface area contributed by atoms with Crippen LogP contribution in [0.2, 0.25) is 0 Å². The van der Waals surface area contributed by atoms with Crippen LogP contribution >= 0.6 is 0 Å². The topological polar surface area (TPSA) is 103 Å². The standard InChI is InChI=1S/C26H29NO6S/c1-3-4-9-23(27-34(30,31)19-13-10-17(2)11-14-19)26(29)32-18-12-15-21-20-7-5-6-8-22(20)25(28)33-24(21)16-18/h10-16,23,27H,3-9H2,1-2H3. The minimum absolute atomic E-state index is 0.0876. The fourth-order valence-corrected chi connectivity index (χ4v) is 5.50. The molecule has 0 saturated heterocycles. The van der Waals surface area contributed by atoms with E-state index in [0.29, 0.717) is 24.8 Å². The fourth-order valence-electron chi connectivity index (χ4n) is 4.28. The SMILES string of the molecule is CCCCC(NS(=O)(=O)c1ccc(C)cc1)C(=O)Oc1ccc2c3c(c(=O)oc2c1)CCCC3. The van der Waals surface area contributed by atoms with Gasteiger partial charge in [0.25, 0.3) is 0 Å². The predicted molar refractivity (Wildman–Crippen MR) is 130 cm³/mol. The van der Waals surface area contributed by atoms with Gasteiger partial charge in [0.2, 0.25) is 10.0 Å². The van der Waals surface area contributed by atoms with Crippen molar-refractivity contribution in [3.8, 4) is 5.75 Å². The Morgan fingerprint density at radius 2 is 1.79 bits per heavy atom. The Hall–Kier alpha value is -2.97. The Kier molecular flexibility index (Phi) is 7.19. The van der Waals surface area contributed by atoms with E-state index in [-0.39, 0.29) is 16.3 Å². The maximum atomic E-state index is 13.0. The van der Waals surface area contributed by atoms with Gasteiger partial charge in [-0.25, -0.2) is 18.0 Å². The fraction of sp³-hybridized carbons (Fsp3) is 0.385. The highest BCUT2D eigenvalue weighted by molar-refractivity contribution is 7.89. The number of rotatable bonds is 8. The highest BCUT2D eigenvalue weighted by atomic mass is 32.2. The third-order valence-electron chi connectivity index (χ3n) is 6.17. The van der Waals surface area contributed by atoms with Crippen LogP contribution in [0.15, 0.2) is 56.6 Å². The van der Waals surface area contributed by atoms with Gasteiger partial charge in [-0.2, -0.15) is 4.72 Å². The van der Waals surface area contributed by atoms with Crippen LogP contribution in [0.5, 0.6) is 5.75 Å². The first-order valence-corrected chi connectivity index (χ1v) is 13.2. The lowest BCUT2D eigenvalue weighted by Gasteiger charge is -2.18. The molecule has 0 radical (unpaired) electrons. The Labute approximate surface area is 199 Å². The van der Waals surface area contributed by atoms with Crippen molar-refractivity contribution in [2.75, 3.05) is 0 Å². The molecule has 0 spiro atoms. The highest BCUT2D eigenvalue weighted by Crippen LogP contribution is 2.29. The molecule has 1 unspecified atom stereocenters. The number of hydrogen-bond donors (Lipinski definition) is 1. The zero-order valence-electron chi connectivity index (χ0n) is 19.4. The maximum absolute atomic E-state index is 13.0. The summed E-state index contributed by atoms with van der Waals surface area (Å²) < 4.78 is 39.2. The molecule has 0 saturated carbocycles. The lowest BCUT2D eigenvalue weighted by Crippen LogP contribution is -2.42. The van der Waals surface area contributed by atoms with Crippen LogP contribution in [-0.2, 0) is 27.7 Å². The molecule has 2 aromatic carbocycles. The number of hydrogen-bond acceptors (Lipinski definition) is 6. The van der Waals surface area contributed by atoms with E-state index < -0.39 is 22.0 Å². The van der Waals surface area contributed by atoms with Crippen LogP contribution in [0.1, 0.15) is 55.7 Å². The van der Waals surface area contributed by atoms with Crippen molar-refractivity contribution in [3.63, 3.8) is 0 Å². The van der Waals surface area contributed by atoms with Gasteiger partial charge in [-0.15, -0.1) is 0 Å². The minimum atomic E-state index is -3.91. The van der Waals surface area contributed by atoms with E-state index in [9.17, 15) is 18.0 Å². The summed E-state index contributed by atoms with van der Waals surface area (Å²) in [6, 6.07) is 10.3. The molecule has 0 aliphatic heterocycles. The van der Waals surface area contributed by atoms with Gasteiger partial charge >= 0.3 is 11.6 Å². The first-order valence-electron chi connectivity index (χ1n) is 11.7. The molecule has 8 heteroatoms. The van der Waals surface area contributed by atoms with Crippen LogP contribution in [0.4, 0.5) is 0 Å². The summed E-state index contributed by atoms with van der Waals surface area (Å²) in [6.45, 7) is 3.83. The molecule has 1 atom stereocenters. The molecule has 180 valence electrons. The molecule has 0 bridgehead atoms. The quantitative estimate of drug-likeness (QED) is 0.289. The van der Waals surface area contributed by atoms with Gasteiger partial charge in [0.1, 0.15) is 17.4 Å². The summed E-state index contributed by atoms with van der Waals surface area (Å²) in [6.07, 6.45) is 5.26. The van der Waals surface area contributed by atoms with Crippen LogP contribution in [0.25, 0.3) is 11.0 Å². The van der Waals surface area contributed by atoms with E-state index in [2.05, 4.69) is 4.72 Å². The van der Waals surface area contributed by atoms with Crippen LogP contribution in [0.3, 0.4) is 0 Å². The number of sulfonamides is 1. The normalized spacial score (nSPS) is 14.5. The van der Waals surface area contributed by atoms with Gasteiger partial charge in [-0.3, -0.25) is 0 Å². The first-order chi connectivity index (χ1) is 16.3. The molecule has 34 heavy (non-hydrogen) atoms. The zero-order valence-corrected chi connectivity index (χ0v) is 20.2. The molecule has 3 aromatic rings. The van der Waals surface area contributed by atoms with Gasteiger partial charge < -0.3 is 9.15 Å². The minimum Gasteiger partial charge on any atom is -0.425 e. The molecular formula is C26H29NO6S. The monoisotopic (exact) mass is 483 g/mol. The molecule has 0 amide bonds. The van der Waals surface area contributed by atoms with Gasteiger partial charge in [0, 0.05) is 17.0 Å². The van der Waals surface area contributed by atoms with Gasteiger partial charge in [-0.1, -0.05) is 37.5 Å². The third-order valence-corrected chi connectivity index (χ3v) is 7.66. The number of carbonyl (C=O) groups excluding carboxylic acids is 1. The number of ether oxygens (including phenoxy) is 1. The summed E-state index contributed by atoms with van der Waals surface area (Å²) in [5.74, 6) is -0.503. The first kappa shape index (κ1) is 24.2. The Morgan fingerprint density at radius 1 is 1.09 bits per heavy atom. The van der Waals surface area contributed by atoms with Crippen molar-refractivity contribution < 1.29 is 22.4 Å². The average Bonchev–Trinajstić information content (AvgIpc) is 2.82. The van der Waals surface area contributed by atoms with E-state index in [4.69, 9.17) is 9.15 Å². The van der Waals surface area contributed by atoms with Crippen molar-refractivity contribution in [1.82, 2.24) is 4.72 Å². The summed E-state index contributed by atoms with van der Waals surface area (Å²) in [4.78, 5) is 25.5. The number of fused-ring (bicyclic) bond motifs is 3. The summed E-state index contributed by atoms with van der Waals surface area (Å²) in [5.41, 5.74) is 2.68. The second-order valence-corrected chi connectivity index (χ2v) is 10.5. The van der Waals surface area contributed by atoms with Crippen molar-refractivity contribution in [2.24, 2.45) is 0 Å². The van der Waals surface area contributed by atoms with Gasteiger partial charge in [-0.05, 0) is 68.9 Å². The predicted octanol–water partition coefficient (Wildman–Crippen LogP) is 4.42. The highest BCUT2D eigenvalue weighted by Gasteiger charge is 2.27. The molecule has 1 N–H and O–H groups in total. The van der Waals surface area contributed by atoms with Crippen molar-refractivity contribution in [1.29, 1.82) is 0 Å². The zero-order chi connectivity index (χ0) is 24.3. The largest absolute Gasteiger partial charge is 0.425 e. The van der Waals surface area contributed by atoms with E-state index in [1.807, 2.05) is 13.8 Å². The van der Waals surface area contributed by atoms with Crippen molar-refractivity contribution in [3.05, 3.63) is 69.6 Å². The summed E-state index contributed by atoms with van der Waals surface area (Å²) >= 11 is 0. The number of benzene rings is 2. The Morgan fingerprint density at radius 3 is 2.50 bits per heavy atom. The number of esters is 1. The van der Waals surface area contributed by atoms with E-state index in [0.717, 1.165) is 47.8 Å². The van der Waals surface area contributed by atoms with E-state index in [1.54, 1.807) is 24.3 Å². The van der Waals surface area contributed by atoms with Gasteiger partial charge in [0.05, 0.1) is 4.90 Å². The van der Waals surface area contributed by atoms with Crippen LogP contribution < -0.4 is 15.1 Å². The molecule has 1 aliphatic rings. The third kappa shape index (κ3) is 5.23. The smallest absolute Gasteiger partial charge is 0.339 e. The van der Waals surface area contributed by atoms with Crippen molar-refractivity contribution >= 4 is 27.0 Å². The van der Waals surface area contributed by atoms with Crippen LogP contribution in [-0.4, -0.2) is 20.4 Å². The molecule has 1 heterocycles. The number of carbonyl (C=O) groups is 1. The Balaban J connectivity index is 1.57. The second kappa shape index (κ2) is 10.1. The molecule has 0 fully saturated rings. The van der Waals surface area contributed by atoms with Crippen LogP contribution in [0, 0.1) is 6.92 Å². The van der Waals surface area contributed by atoms with Gasteiger partial charge in [0.15, 0.2) is 0 Å². The van der Waals surface area contributed by atoms with E-state index >= 15 is 0 Å². The second-order valence-electron chi connectivity index (χ2n) is 8.76. The summed E-state index contributed by atoms with van der Waals surface area (Å²) in [7, 11) is -3.91. The molecule has 7 nitrogen and oxygen atoms in total. The lowest BCUT2D eigenvalue weighted by molar-refractivity contribution is -0.136. The Bertz CT molecular complexity index is 1360. The molecule has 1 aromatic heterocycles. The molecular weight excluding hydrogens is 454 g/mol. The number of unbranched alkanes of at least 4 members (excludes halogenated alkanes) is 1. The van der Waals surface area contributed by atoms with Crippen molar-refractivity contribution in [2.45, 2.75) is 69.7 Å². The number of nitrogens with one attached hydrogen (secondary N) is 1. The lowest BCUT2D eigenvalue weighted by atomic mass is 9.91. The number of aryl methyl sites for hydroxylation is 2. The van der Waals surface area contributed by atoms with E-state index in [1.165, 1.54) is 18.2 Å². The molecule has 1 aliphatic carbocycles. The summed E-state index contributed by atoms with van der Waals surface area (Å²) in [5, 5.41) is 0.844. The molecule has 4 rings (SSSR count). The maximum Gasteiger partial charge on any atom is 0.339 e. The average molecular weight is 484 g/mol.